The number of hydrogen-bond donors (Lipinski definition) is 0. The van der Waals surface area contributed by atoms with Crippen molar-refractivity contribution >= 4 is 5.97 Å². The zero-order chi connectivity index (χ0) is 11.5. The quantitative estimate of drug-likeness (QED) is 0.727. The lowest BCUT2D eigenvalue weighted by Gasteiger charge is -2.16. The predicted molar refractivity (Wildman–Crippen MR) is 58.3 cm³/mol. The second kappa shape index (κ2) is 4.51. The minimum absolute atomic E-state index is 0.200. The molecule has 1 atom stereocenters. The number of carbonyl (C=O) groups is 1. The highest BCUT2D eigenvalue weighted by Gasteiger charge is 2.39. The predicted octanol–water partition coefficient (Wildman–Crippen LogP) is 1.76. The first kappa shape index (κ1) is 10.9. The Labute approximate surface area is 94.6 Å². The van der Waals surface area contributed by atoms with E-state index in [0.29, 0.717) is 11.8 Å². The van der Waals surface area contributed by atoms with Gasteiger partial charge in [0, 0.05) is 11.8 Å². The van der Waals surface area contributed by atoms with Crippen LogP contribution in [0.3, 0.4) is 0 Å². The fourth-order valence-electron chi connectivity index (χ4n) is 1.94. The highest BCUT2D eigenvalue weighted by atomic mass is 16.5. The van der Waals surface area contributed by atoms with Gasteiger partial charge in [-0.25, -0.2) is 4.98 Å². The summed E-state index contributed by atoms with van der Waals surface area (Å²) < 4.78 is 10.0. The second-order valence-electron chi connectivity index (χ2n) is 3.94. The summed E-state index contributed by atoms with van der Waals surface area (Å²) in [6.07, 6.45) is 3.79. The highest BCUT2D eigenvalue weighted by molar-refractivity contribution is 5.79. The Kier molecular flexibility index (Phi) is 3.08. The summed E-state index contributed by atoms with van der Waals surface area (Å²) in [5.41, 5.74) is 0.833. The molecule has 0 spiro atoms. The molecule has 0 radical (unpaired) electrons. The molecule has 1 aromatic rings. The van der Waals surface area contributed by atoms with Crippen LogP contribution in [0, 0.1) is 5.92 Å². The maximum absolute atomic E-state index is 11.8. The van der Waals surface area contributed by atoms with Crippen LogP contribution < -0.4 is 4.74 Å². The van der Waals surface area contributed by atoms with Gasteiger partial charge in [-0.1, -0.05) is 6.07 Å². The van der Waals surface area contributed by atoms with Crippen molar-refractivity contribution in [3.63, 3.8) is 0 Å². The van der Waals surface area contributed by atoms with Crippen LogP contribution in [0.4, 0.5) is 0 Å². The van der Waals surface area contributed by atoms with Crippen LogP contribution in [0.25, 0.3) is 0 Å². The number of methoxy groups -OCH3 is 2. The van der Waals surface area contributed by atoms with Gasteiger partial charge in [-0.15, -0.1) is 0 Å². The summed E-state index contributed by atoms with van der Waals surface area (Å²) in [4.78, 5) is 15.9. The van der Waals surface area contributed by atoms with Crippen LogP contribution in [0.2, 0.25) is 0 Å². The van der Waals surface area contributed by atoms with Gasteiger partial charge in [-0.2, -0.15) is 0 Å². The van der Waals surface area contributed by atoms with Crippen molar-refractivity contribution in [3.05, 3.63) is 23.9 Å². The number of nitrogens with zero attached hydrogens (tertiary/aromatic N) is 1. The van der Waals surface area contributed by atoms with Crippen molar-refractivity contribution in [2.45, 2.75) is 18.8 Å². The van der Waals surface area contributed by atoms with E-state index < -0.39 is 0 Å². The van der Waals surface area contributed by atoms with Crippen LogP contribution in [-0.4, -0.2) is 25.2 Å². The Morgan fingerprint density at radius 1 is 1.50 bits per heavy atom. The molecule has 0 aromatic carbocycles. The Morgan fingerprint density at radius 2 is 2.25 bits per heavy atom. The van der Waals surface area contributed by atoms with E-state index in [2.05, 4.69) is 4.98 Å². The standard InChI is InChI=1S/C12H15NO3/c1-15-11-9(4-3-7-13-11)10(8-5-6-8)12(14)16-2/h3-4,7-8,10H,5-6H2,1-2H3. The van der Waals surface area contributed by atoms with Gasteiger partial charge in [0.15, 0.2) is 0 Å². The fourth-order valence-corrected chi connectivity index (χ4v) is 1.94. The smallest absolute Gasteiger partial charge is 0.313 e. The van der Waals surface area contributed by atoms with E-state index in [4.69, 9.17) is 9.47 Å². The summed E-state index contributed by atoms with van der Waals surface area (Å²) >= 11 is 0. The summed E-state index contributed by atoms with van der Waals surface area (Å²) in [6, 6.07) is 3.70. The molecular formula is C12H15NO3. The molecule has 16 heavy (non-hydrogen) atoms. The van der Waals surface area contributed by atoms with E-state index in [1.165, 1.54) is 7.11 Å². The van der Waals surface area contributed by atoms with Crippen molar-refractivity contribution < 1.29 is 14.3 Å². The Morgan fingerprint density at radius 3 is 2.81 bits per heavy atom. The van der Waals surface area contributed by atoms with Crippen molar-refractivity contribution in [1.82, 2.24) is 4.98 Å². The van der Waals surface area contributed by atoms with E-state index in [1.54, 1.807) is 13.3 Å². The van der Waals surface area contributed by atoms with Crippen molar-refractivity contribution in [3.8, 4) is 5.88 Å². The topological polar surface area (TPSA) is 48.4 Å². The van der Waals surface area contributed by atoms with Gasteiger partial charge >= 0.3 is 5.97 Å². The van der Waals surface area contributed by atoms with Gasteiger partial charge in [0.25, 0.3) is 0 Å². The van der Waals surface area contributed by atoms with Gasteiger partial charge < -0.3 is 9.47 Å². The van der Waals surface area contributed by atoms with Gasteiger partial charge in [0.05, 0.1) is 20.1 Å². The molecule has 1 saturated carbocycles. The number of aromatic nitrogens is 1. The lowest BCUT2D eigenvalue weighted by atomic mass is 9.95. The van der Waals surface area contributed by atoms with Gasteiger partial charge in [0.1, 0.15) is 0 Å². The SMILES string of the molecule is COC(=O)C(c1cccnc1OC)C1CC1. The van der Waals surface area contributed by atoms with Crippen molar-refractivity contribution in [2.75, 3.05) is 14.2 Å². The lowest BCUT2D eigenvalue weighted by molar-refractivity contribution is -0.143. The summed E-state index contributed by atoms with van der Waals surface area (Å²) in [6.45, 7) is 0. The minimum atomic E-state index is -0.228. The van der Waals surface area contributed by atoms with E-state index in [9.17, 15) is 4.79 Å². The first-order valence-corrected chi connectivity index (χ1v) is 5.34. The molecule has 1 aliphatic carbocycles. The molecular weight excluding hydrogens is 206 g/mol. The average molecular weight is 221 g/mol. The normalized spacial score (nSPS) is 16.6. The first-order valence-electron chi connectivity index (χ1n) is 5.34. The fraction of sp³-hybridized carbons (Fsp3) is 0.500. The molecule has 1 unspecified atom stereocenters. The first-order chi connectivity index (χ1) is 7.77. The maximum atomic E-state index is 11.8. The zero-order valence-electron chi connectivity index (χ0n) is 9.47. The van der Waals surface area contributed by atoms with Gasteiger partial charge in [0.2, 0.25) is 5.88 Å². The molecule has 1 aromatic heterocycles. The third-order valence-corrected chi connectivity index (χ3v) is 2.88. The number of esters is 1. The minimum Gasteiger partial charge on any atom is -0.481 e. The van der Waals surface area contributed by atoms with Crippen LogP contribution >= 0.6 is 0 Å². The molecule has 1 fully saturated rings. The maximum Gasteiger partial charge on any atom is 0.313 e. The monoisotopic (exact) mass is 221 g/mol. The van der Waals surface area contributed by atoms with Crippen LogP contribution in [-0.2, 0) is 9.53 Å². The molecule has 86 valence electrons. The van der Waals surface area contributed by atoms with Crippen LogP contribution in [0.5, 0.6) is 5.88 Å². The Hall–Kier alpha value is -1.58. The summed E-state index contributed by atoms with van der Waals surface area (Å²) in [7, 11) is 2.98. The van der Waals surface area contributed by atoms with E-state index >= 15 is 0 Å². The number of carbonyl (C=O) groups excluding carboxylic acids is 1. The lowest BCUT2D eigenvalue weighted by Crippen LogP contribution is -2.17. The number of ether oxygens (including phenoxy) is 2. The Balaban J connectivity index is 2.34. The van der Waals surface area contributed by atoms with Gasteiger partial charge in [-0.05, 0) is 24.8 Å². The molecule has 0 aliphatic heterocycles. The average Bonchev–Trinajstić information content (AvgIpc) is 3.14. The molecule has 0 N–H and O–H groups in total. The van der Waals surface area contributed by atoms with Gasteiger partial charge in [-0.3, -0.25) is 4.79 Å². The zero-order valence-corrected chi connectivity index (χ0v) is 9.47. The highest BCUT2D eigenvalue weighted by Crippen LogP contribution is 2.45. The van der Waals surface area contributed by atoms with Crippen LogP contribution in [0.15, 0.2) is 18.3 Å². The molecule has 0 bridgehead atoms. The van der Waals surface area contributed by atoms with Crippen molar-refractivity contribution in [1.29, 1.82) is 0 Å². The summed E-state index contributed by atoms with van der Waals surface area (Å²) in [5, 5.41) is 0. The molecule has 1 heterocycles. The number of hydrogen-bond acceptors (Lipinski definition) is 4. The van der Waals surface area contributed by atoms with Crippen LogP contribution in [0.1, 0.15) is 24.3 Å². The number of rotatable bonds is 4. The molecule has 4 heteroatoms. The second-order valence-corrected chi connectivity index (χ2v) is 3.94. The third-order valence-electron chi connectivity index (χ3n) is 2.88. The largest absolute Gasteiger partial charge is 0.481 e. The Bertz CT molecular complexity index is 388. The molecule has 0 saturated heterocycles. The summed E-state index contributed by atoms with van der Waals surface area (Å²) in [5.74, 6) is 0.470. The molecule has 4 nitrogen and oxygen atoms in total. The number of pyridine rings is 1. The van der Waals surface area contributed by atoms with E-state index in [0.717, 1.165) is 18.4 Å². The van der Waals surface area contributed by atoms with Crippen molar-refractivity contribution in [2.24, 2.45) is 5.92 Å². The third kappa shape index (κ3) is 2.01. The molecule has 0 amide bonds. The van der Waals surface area contributed by atoms with E-state index in [-0.39, 0.29) is 11.9 Å². The molecule has 1 aliphatic rings. The van der Waals surface area contributed by atoms with E-state index in [1.807, 2.05) is 12.1 Å². The molecule has 2 rings (SSSR count).